The number of nitrogens with zero attached hydrogens (tertiary/aromatic N) is 2. The first kappa shape index (κ1) is 14.2. The summed E-state index contributed by atoms with van der Waals surface area (Å²) in [5, 5.41) is 11.2. The van der Waals surface area contributed by atoms with E-state index in [1.54, 1.807) is 0 Å². The number of ether oxygens (including phenoxy) is 1. The molecule has 9 heteroatoms. The molecule has 1 saturated carbocycles. The van der Waals surface area contributed by atoms with E-state index in [2.05, 4.69) is 20.3 Å². The standard InChI is InChI=1S/C10H12F3N3O2S/c1-5(18-4-10(11,12)13)7(17)14-9-16-15-8(19-9)6-2-3-6/h5-6H,2-4H2,1H3,(H,14,16,17)/t5-/m0/s1. The van der Waals surface area contributed by atoms with Crippen molar-refractivity contribution in [2.75, 3.05) is 11.9 Å². The van der Waals surface area contributed by atoms with E-state index in [0.29, 0.717) is 5.92 Å². The molecule has 1 aromatic heterocycles. The van der Waals surface area contributed by atoms with E-state index in [4.69, 9.17) is 0 Å². The maximum absolute atomic E-state index is 11.9. The Morgan fingerprint density at radius 2 is 2.21 bits per heavy atom. The molecule has 0 bridgehead atoms. The molecule has 1 amide bonds. The number of carbonyl (C=O) groups is 1. The van der Waals surface area contributed by atoms with Crippen LogP contribution in [0, 0.1) is 0 Å². The first-order valence-corrected chi connectivity index (χ1v) is 6.49. The SMILES string of the molecule is C[C@H](OCC(F)(F)F)C(=O)Nc1nnc(C2CC2)s1. The molecule has 1 aromatic rings. The van der Waals surface area contributed by atoms with E-state index in [-0.39, 0.29) is 5.13 Å². The second-order valence-electron chi connectivity index (χ2n) is 4.28. The van der Waals surface area contributed by atoms with E-state index < -0.39 is 24.8 Å². The number of anilines is 1. The van der Waals surface area contributed by atoms with Gasteiger partial charge in [0, 0.05) is 5.92 Å². The normalized spacial score (nSPS) is 17.3. The average molecular weight is 295 g/mol. The maximum atomic E-state index is 11.9. The summed E-state index contributed by atoms with van der Waals surface area (Å²) in [6, 6.07) is 0. The molecule has 0 aromatic carbocycles. The molecule has 5 nitrogen and oxygen atoms in total. The zero-order chi connectivity index (χ0) is 14.0. The lowest BCUT2D eigenvalue weighted by atomic mass is 10.4. The van der Waals surface area contributed by atoms with Crippen LogP contribution in [0.1, 0.15) is 30.7 Å². The third-order valence-corrected chi connectivity index (χ3v) is 3.46. The smallest absolute Gasteiger partial charge is 0.359 e. The van der Waals surface area contributed by atoms with Gasteiger partial charge in [0.15, 0.2) is 0 Å². The quantitative estimate of drug-likeness (QED) is 0.905. The Morgan fingerprint density at radius 3 is 2.79 bits per heavy atom. The number of alkyl halides is 3. The van der Waals surface area contributed by atoms with Crippen LogP contribution in [0.5, 0.6) is 0 Å². The van der Waals surface area contributed by atoms with Gasteiger partial charge in [-0.1, -0.05) is 11.3 Å². The Kier molecular flexibility index (Phi) is 4.04. The molecule has 0 radical (unpaired) electrons. The third-order valence-electron chi connectivity index (χ3n) is 2.46. The van der Waals surface area contributed by atoms with Crippen LogP contribution < -0.4 is 5.32 Å². The molecule has 0 unspecified atom stereocenters. The van der Waals surface area contributed by atoms with E-state index in [0.717, 1.165) is 17.8 Å². The van der Waals surface area contributed by atoms with Crippen molar-refractivity contribution in [3.8, 4) is 0 Å². The number of amides is 1. The van der Waals surface area contributed by atoms with Crippen LogP contribution in [-0.2, 0) is 9.53 Å². The lowest BCUT2D eigenvalue weighted by Gasteiger charge is -2.13. The van der Waals surface area contributed by atoms with Crippen molar-refractivity contribution in [2.24, 2.45) is 0 Å². The summed E-state index contributed by atoms with van der Waals surface area (Å²) in [7, 11) is 0. The van der Waals surface area contributed by atoms with Crippen molar-refractivity contribution in [3.63, 3.8) is 0 Å². The number of nitrogens with one attached hydrogen (secondary N) is 1. The summed E-state index contributed by atoms with van der Waals surface area (Å²) >= 11 is 1.24. The van der Waals surface area contributed by atoms with Gasteiger partial charge in [0.25, 0.3) is 5.91 Å². The summed E-state index contributed by atoms with van der Waals surface area (Å²) in [6.07, 6.45) is -3.52. The highest BCUT2D eigenvalue weighted by atomic mass is 32.1. The molecule has 0 aliphatic heterocycles. The van der Waals surface area contributed by atoms with Crippen molar-refractivity contribution >= 4 is 22.4 Å². The molecule has 106 valence electrons. The highest BCUT2D eigenvalue weighted by Crippen LogP contribution is 2.42. The summed E-state index contributed by atoms with van der Waals surface area (Å²) in [4.78, 5) is 11.6. The molecule has 1 fully saturated rings. The Hall–Kier alpha value is -1.22. The van der Waals surface area contributed by atoms with Crippen LogP contribution in [0.25, 0.3) is 0 Å². The summed E-state index contributed by atoms with van der Waals surface area (Å²) < 4.78 is 40.2. The average Bonchev–Trinajstić information content (AvgIpc) is 3.06. The van der Waals surface area contributed by atoms with E-state index in [1.165, 1.54) is 18.3 Å². The van der Waals surface area contributed by atoms with Gasteiger partial charge in [-0.15, -0.1) is 10.2 Å². The minimum absolute atomic E-state index is 0.286. The van der Waals surface area contributed by atoms with Crippen LogP contribution in [0.3, 0.4) is 0 Å². The molecule has 1 atom stereocenters. The Labute approximate surface area is 111 Å². The molecule has 0 spiro atoms. The number of hydrogen-bond donors (Lipinski definition) is 1. The molecule has 1 aliphatic carbocycles. The van der Waals surface area contributed by atoms with Crippen molar-refractivity contribution in [3.05, 3.63) is 5.01 Å². The number of rotatable bonds is 5. The Bertz CT molecular complexity index is 459. The minimum atomic E-state index is -4.45. The van der Waals surface area contributed by atoms with Crippen LogP contribution in [0.4, 0.5) is 18.3 Å². The van der Waals surface area contributed by atoms with Gasteiger partial charge in [-0.3, -0.25) is 10.1 Å². The van der Waals surface area contributed by atoms with Crippen molar-refractivity contribution in [1.29, 1.82) is 0 Å². The number of halogens is 3. The fraction of sp³-hybridized carbons (Fsp3) is 0.700. The maximum Gasteiger partial charge on any atom is 0.411 e. The molecular weight excluding hydrogens is 283 g/mol. The van der Waals surface area contributed by atoms with Gasteiger partial charge in [0.05, 0.1) is 0 Å². The highest BCUT2D eigenvalue weighted by molar-refractivity contribution is 7.15. The zero-order valence-electron chi connectivity index (χ0n) is 10.0. The van der Waals surface area contributed by atoms with Crippen LogP contribution in [0.2, 0.25) is 0 Å². The van der Waals surface area contributed by atoms with Gasteiger partial charge in [-0.25, -0.2) is 0 Å². The second kappa shape index (κ2) is 5.41. The van der Waals surface area contributed by atoms with Gasteiger partial charge in [0.2, 0.25) is 5.13 Å². The van der Waals surface area contributed by atoms with Crippen molar-refractivity contribution < 1.29 is 22.7 Å². The molecule has 0 saturated heterocycles. The van der Waals surface area contributed by atoms with Crippen molar-refractivity contribution in [2.45, 2.75) is 38.0 Å². The first-order chi connectivity index (χ1) is 8.85. The summed E-state index contributed by atoms with van der Waals surface area (Å²) in [6.45, 7) is -0.199. The van der Waals surface area contributed by atoms with Crippen molar-refractivity contribution in [1.82, 2.24) is 10.2 Å². The summed E-state index contributed by atoms with van der Waals surface area (Å²) in [5.41, 5.74) is 0. The molecule has 1 aliphatic rings. The predicted molar refractivity (Wildman–Crippen MR) is 62.0 cm³/mol. The molecule has 1 heterocycles. The van der Waals surface area contributed by atoms with Gasteiger partial charge in [-0.2, -0.15) is 13.2 Å². The van der Waals surface area contributed by atoms with Gasteiger partial charge < -0.3 is 4.74 Å². The number of hydrogen-bond acceptors (Lipinski definition) is 5. The van der Waals surface area contributed by atoms with E-state index in [9.17, 15) is 18.0 Å². The lowest BCUT2D eigenvalue weighted by Crippen LogP contribution is -2.31. The minimum Gasteiger partial charge on any atom is -0.359 e. The first-order valence-electron chi connectivity index (χ1n) is 5.68. The monoisotopic (exact) mass is 295 g/mol. The number of carbonyl (C=O) groups excluding carboxylic acids is 1. The third kappa shape index (κ3) is 4.43. The van der Waals surface area contributed by atoms with Crippen LogP contribution in [0.15, 0.2) is 0 Å². The molecule has 1 N–H and O–H groups in total. The van der Waals surface area contributed by atoms with E-state index in [1.807, 2.05) is 0 Å². The number of aromatic nitrogens is 2. The largest absolute Gasteiger partial charge is 0.411 e. The second-order valence-corrected chi connectivity index (χ2v) is 5.29. The molecule has 2 rings (SSSR count). The molecule has 19 heavy (non-hydrogen) atoms. The van der Waals surface area contributed by atoms with Crippen LogP contribution in [-0.4, -0.2) is 35.0 Å². The summed E-state index contributed by atoms with van der Waals surface area (Å²) in [5.74, 6) is -0.246. The fourth-order valence-electron chi connectivity index (χ4n) is 1.28. The van der Waals surface area contributed by atoms with Crippen LogP contribution >= 0.6 is 11.3 Å². The van der Waals surface area contributed by atoms with Gasteiger partial charge in [0.1, 0.15) is 17.7 Å². The Morgan fingerprint density at radius 1 is 1.53 bits per heavy atom. The van der Waals surface area contributed by atoms with Gasteiger partial charge >= 0.3 is 6.18 Å². The highest BCUT2D eigenvalue weighted by Gasteiger charge is 2.31. The van der Waals surface area contributed by atoms with E-state index >= 15 is 0 Å². The zero-order valence-corrected chi connectivity index (χ0v) is 10.8. The van der Waals surface area contributed by atoms with Gasteiger partial charge in [-0.05, 0) is 19.8 Å². The lowest BCUT2D eigenvalue weighted by molar-refractivity contribution is -0.184. The Balaban J connectivity index is 1.81. The fourth-order valence-corrected chi connectivity index (χ4v) is 2.20. The topological polar surface area (TPSA) is 64.1 Å². The molecular formula is C10H12F3N3O2S. The predicted octanol–water partition coefficient (Wildman–Crippen LogP) is 2.32.